The third-order valence-electron chi connectivity index (χ3n) is 5.30. The highest BCUT2D eigenvalue weighted by atomic mass is 32.2. The standard InChI is InChI=1S/C25H24N4O4S2/c26-35(32,33)21-13-11-18(12-14-21)15-16-27-25(28-19-7-3-1-4-8-19)34-22-17-23(30)29(24(22)31)20-9-5-2-6-10-20/h1-14,22H,15-17H2,(H,27,28)(H2,26,32,33). The highest BCUT2D eigenvalue weighted by molar-refractivity contribution is 8.15. The van der Waals surface area contributed by atoms with Gasteiger partial charge in [-0.05, 0) is 48.4 Å². The van der Waals surface area contributed by atoms with Crippen LogP contribution >= 0.6 is 11.8 Å². The molecular weight excluding hydrogens is 484 g/mol. The van der Waals surface area contributed by atoms with Crippen molar-refractivity contribution in [2.24, 2.45) is 10.1 Å². The van der Waals surface area contributed by atoms with Crippen molar-refractivity contribution in [1.29, 1.82) is 0 Å². The average molecular weight is 509 g/mol. The zero-order chi connectivity index (χ0) is 24.8. The SMILES string of the molecule is NS(=O)(=O)c1ccc(CCN/C(=N\c2ccccc2)SC2CC(=O)N(c3ccccc3)C2=O)cc1. The lowest BCUT2D eigenvalue weighted by molar-refractivity contribution is -0.121. The molecule has 3 aromatic rings. The number of carbonyl (C=O) groups excluding carboxylic acids is 2. The normalized spacial score (nSPS) is 16.5. The van der Waals surface area contributed by atoms with Crippen molar-refractivity contribution in [2.75, 3.05) is 11.4 Å². The van der Waals surface area contributed by atoms with Crippen LogP contribution in [0, 0.1) is 0 Å². The minimum atomic E-state index is -3.74. The highest BCUT2D eigenvalue weighted by Crippen LogP contribution is 2.30. The minimum Gasteiger partial charge on any atom is -0.364 e. The largest absolute Gasteiger partial charge is 0.364 e. The van der Waals surface area contributed by atoms with Gasteiger partial charge in [0.25, 0.3) is 0 Å². The van der Waals surface area contributed by atoms with Crippen LogP contribution in [0.4, 0.5) is 11.4 Å². The summed E-state index contributed by atoms with van der Waals surface area (Å²) in [7, 11) is -3.74. The van der Waals surface area contributed by atoms with Gasteiger partial charge in [-0.15, -0.1) is 0 Å². The Morgan fingerprint density at radius 3 is 2.23 bits per heavy atom. The lowest BCUT2D eigenvalue weighted by Crippen LogP contribution is -2.32. The van der Waals surface area contributed by atoms with Crippen molar-refractivity contribution < 1.29 is 18.0 Å². The molecule has 35 heavy (non-hydrogen) atoms. The molecule has 4 rings (SSSR count). The number of sulfonamides is 1. The summed E-state index contributed by atoms with van der Waals surface area (Å²) in [5.41, 5.74) is 2.19. The summed E-state index contributed by atoms with van der Waals surface area (Å²) in [6.07, 6.45) is 0.676. The monoisotopic (exact) mass is 508 g/mol. The molecule has 0 aromatic heterocycles. The fraction of sp³-hybridized carbons (Fsp3) is 0.160. The van der Waals surface area contributed by atoms with Crippen molar-refractivity contribution in [3.05, 3.63) is 90.5 Å². The number of hydrogen-bond donors (Lipinski definition) is 2. The molecule has 10 heteroatoms. The van der Waals surface area contributed by atoms with Gasteiger partial charge in [0, 0.05) is 13.0 Å². The van der Waals surface area contributed by atoms with E-state index in [-0.39, 0.29) is 23.1 Å². The number of primary sulfonamides is 1. The zero-order valence-corrected chi connectivity index (χ0v) is 20.3. The minimum absolute atomic E-state index is 0.0588. The van der Waals surface area contributed by atoms with Gasteiger partial charge in [-0.1, -0.05) is 60.3 Å². The number of nitrogens with two attached hydrogens (primary N) is 1. The number of rotatable bonds is 7. The molecule has 1 fully saturated rings. The van der Waals surface area contributed by atoms with E-state index < -0.39 is 15.3 Å². The van der Waals surface area contributed by atoms with E-state index in [9.17, 15) is 18.0 Å². The lowest BCUT2D eigenvalue weighted by Gasteiger charge is -2.16. The first kappa shape index (κ1) is 24.6. The first-order valence-corrected chi connectivity index (χ1v) is 13.3. The summed E-state index contributed by atoms with van der Waals surface area (Å²) < 4.78 is 22.9. The number of nitrogens with one attached hydrogen (secondary N) is 1. The molecule has 8 nitrogen and oxygen atoms in total. The van der Waals surface area contributed by atoms with Crippen LogP contribution in [0.15, 0.2) is 94.8 Å². The van der Waals surface area contributed by atoms with E-state index in [1.54, 1.807) is 36.4 Å². The first-order chi connectivity index (χ1) is 16.8. The van der Waals surface area contributed by atoms with Gasteiger partial charge in [0.15, 0.2) is 5.17 Å². The van der Waals surface area contributed by atoms with E-state index in [2.05, 4.69) is 10.3 Å². The predicted octanol–water partition coefficient (Wildman–Crippen LogP) is 3.22. The lowest BCUT2D eigenvalue weighted by atomic mass is 10.1. The van der Waals surface area contributed by atoms with Crippen LogP contribution in [0.1, 0.15) is 12.0 Å². The van der Waals surface area contributed by atoms with Crippen molar-refractivity contribution in [3.63, 3.8) is 0 Å². The van der Waals surface area contributed by atoms with Crippen LogP contribution in [0.3, 0.4) is 0 Å². The number of aliphatic imine (C=N–C) groups is 1. The molecule has 0 aliphatic carbocycles. The molecule has 1 heterocycles. The molecule has 180 valence electrons. The van der Waals surface area contributed by atoms with Crippen molar-refractivity contribution in [1.82, 2.24) is 5.32 Å². The summed E-state index contributed by atoms with van der Waals surface area (Å²) >= 11 is 1.23. The van der Waals surface area contributed by atoms with E-state index >= 15 is 0 Å². The zero-order valence-electron chi connectivity index (χ0n) is 18.7. The summed E-state index contributed by atoms with van der Waals surface area (Å²) in [5, 5.41) is 8.35. The number of nitrogens with zero attached hydrogens (tertiary/aromatic N) is 2. The summed E-state index contributed by atoms with van der Waals surface area (Å²) in [6.45, 7) is 0.491. The number of imide groups is 1. The van der Waals surface area contributed by atoms with E-state index in [0.29, 0.717) is 23.8 Å². The maximum absolute atomic E-state index is 13.1. The second-order valence-electron chi connectivity index (χ2n) is 7.83. The second-order valence-corrected chi connectivity index (χ2v) is 10.6. The molecule has 1 atom stereocenters. The summed E-state index contributed by atoms with van der Waals surface area (Å²) in [4.78, 5) is 31.6. The van der Waals surface area contributed by atoms with Gasteiger partial charge < -0.3 is 5.32 Å². The van der Waals surface area contributed by atoms with Gasteiger partial charge in [0.1, 0.15) is 5.25 Å². The molecule has 3 N–H and O–H groups in total. The molecule has 0 radical (unpaired) electrons. The molecule has 2 amide bonds. The van der Waals surface area contributed by atoms with Crippen LogP contribution in [0.25, 0.3) is 0 Å². The second kappa shape index (κ2) is 10.9. The third kappa shape index (κ3) is 6.36. The number of thioether (sulfide) groups is 1. The molecule has 3 aromatic carbocycles. The number of amidine groups is 1. The van der Waals surface area contributed by atoms with Crippen LogP contribution < -0.4 is 15.4 Å². The topological polar surface area (TPSA) is 122 Å². The van der Waals surface area contributed by atoms with Crippen molar-refractivity contribution >= 4 is 50.1 Å². The molecular formula is C25H24N4O4S2. The fourth-order valence-corrected chi connectivity index (χ4v) is 5.13. The molecule has 1 aliphatic rings. The van der Waals surface area contributed by atoms with Gasteiger partial charge in [-0.25, -0.2) is 23.4 Å². The van der Waals surface area contributed by atoms with E-state index in [1.165, 1.54) is 28.8 Å². The van der Waals surface area contributed by atoms with E-state index in [4.69, 9.17) is 5.14 Å². The molecule has 1 saturated heterocycles. The van der Waals surface area contributed by atoms with Crippen LogP contribution in [0.5, 0.6) is 0 Å². The summed E-state index contributed by atoms with van der Waals surface area (Å²) in [6, 6.07) is 24.6. The maximum Gasteiger partial charge on any atom is 0.247 e. The van der Waals surface area contributed by atoms with Gasteiger partial charge in [0.2, 0.25) is 21.8 Å². The van der Waals surface area contributed by atoms with Gasteiger partial charge in [-0.2, -0.15) is 0 Å². The number of anilines is 1. The van der Waals surface area contributed by atoms with Crippen LogP contribution in [0.2, 0.25) is 0 Å². The van der Waals surface area contributed by atoms with Crippen molar-refractivity contribution in [2.45, 2.75) is 23.0 Å². The quantitative estimate of drug-likeness (QED) is 0.287. The molecule has 0 saturated carbocycles. The van der Waals surface area contributed by atoms with Crippen molar-refractivity contribution in [3.8, 4) is 0 Å². The highest BCUT2D eigenvalue weighted by Gasteiger charge is 2.40. The smallest absolute Gasteiger partial charge is 0.247 e. The Balaban J connectivity index is 1.46. The van der Waals surface area contributed by atoms with Gasteiger partial charge in [-0.3, -0.25) is 9.59 Å². The number of para-hydroxylation sites is 2. The maximum atomic E-state index is 13.1. The Kier molecular flexibility index (Phi) is 7.64. The Morgan fingerprint density at radius 1 is 0.971 bits per heavy atom. The molecule has 1 unspecified atom stereocenters. The molecule has 0 spiro atoms. The molecule has 1 aliphatic heterocycles. The van der Waals surface area contributed by atoms with Gasteiger partial charge >= 0.3 is 0 Å². The fourth-order valence-electron chi connectivity index (χ4n) is 3.57. The van der Waals surface area contributed by atoms with Crippen LogP contribution in [-0.2, 0) is 26.0 Å². The number of carbonyl (C=O) groups is 2. The Labute approximate surface area is 208 Å². The third-order valence-corrected chi connectivity index (χ3v) is 7.34. The number of amides is 2. The predicted molar refractivity (Wildman–Crippen MR) is 138 cm³/mol. The average Bonchev–Trinajstić information content (AvgIpc) is 3.12. The Hall–Kier alpha value is -3.47. The van der Waals surface area contributed by atoms with Gasteiger partial charge in [0.05, 0.1) is 16.3 Å². The Bertz CT molecular complexity index is 1330. The van der Waals surface area contributed by atoms with E-state index in [1.807, 2.05) is 36.4 Å². The number of hydrogen-bond acceptors (Lipinski definition) is 6. The van der Waals surface area contributed by atoms with Crippen LogP contribution in [-0.4, -0.2) is 37.2 Å². The Morgan fingerprint density at radius 2 is 1.60 bits per heavy atom. The van der Waals surface area contributed by atoms with E-state index in [0.717, 1.165) is 11.3 Å². The molecule has 0 bridgehead atoms. The summed E-state index contributed by atoms with van der Waals surface area (Å²) in [5.74, 6) is -0.514. The number of benzene rings is 3. The first-order valence-electron chi connectivity index (χ1n) is 10.9.